The third-order valence-corrected chi connectivity index (χ3v) is 6.21. The molecule has 0 aliphatic rings. The van der Waals surface area contributed by atoms with Crippen LogP contribution in [0.1, 0.15) is 26.3 Å². The maximum absolute atomic E-state index is 13.4. The lowest BCUT2D eigenvalue weighted by Crippen LogP contribution is -2.15. The number of carbonyl (C=O) groups excluding carboxylic acids is 2. The fraction of sp³-hybridized carbons (Fsp3) is 0.167. The van der Waals surface area contributed by atoms with Gasteiger partial charge in [0, 0.05) is 5.56 Å². The standard InChI is InChI=1S/C24H22O7P/c1-28-16-11-8-12-17(29-2)20(16)24(26)32(27)19-14-13-18(30-3)21(23(19)31-4)22(25)15-9-6-5-7-10-15/h5-14H,1-4H3/q+1. The Labute approximate surface area is 186 Å². The van der Waals surface area contributed by atoms with E-state index in [-0.39, 0.29) is 45.2 Å². The molecule has 7 nitrogen and oxygen atoms in total. The van der Waals surface area contributed by atoms with E-state index in [2.05, 4.69) is 0 Å². The van der Waals surface area contributed by atoms with Crippen LogP contribution in [0.4, 0.5) is 0 Å². The van der Waals surface area contributed by atoms with E-state index in [0.717, 1.165) is 0 Å². The van der Waals surface area contributed by atoms with E-state index in [9.17, 15) is 14.2 Å². The number of hydrogen-bond acceptors (Lipinski definition) is 7. The Morgan fingerprint density at radius 1 is 0.656 bits per heavy atom. The molecule has 1 unspecified atom stereocenters. The summed E-state index contributed by atoms with van der Waals surface area (Å²) in [5.74, 6) is 0.329. The van der Waals surface area contributed by atoms with E-state index in [0.29, 0.717) is 5.56 Å². The molecular weight excluding hydrogens is 431 g/mol. The summed E-state index contributed by atoms with van der Waals surface area (Å²) < 4.78 is 34.8. The van der Waals surface area contributed by atoms with Crippen molar-refractivity contribution in [2.24, 2.45) is 0 Å². The van der Waals surface area contributed by atoms with Crippen molar-refractivity contribution in [3.05, 3.63) is 77.4 Å². The zero-order chi connectivity index (χ0) is 23.3. The molecule has 3 aromatic rings. The quantitative estimate of drug-likeness (QED) is 0.354. The summed E-state index contributed by atoms with van der Waals surface area (Å²) in [6.45, 7) is 0. The third kappa shape index (κ3) is 4.20. The molecule has 0 N–H and O–H groups in total. The molecule has 0 amide bonds. The van der Waals surface area contributed by atoms with Gasteiger partial charge in [-0.15, -0.1) is 0 Å². The molecule has 0 saturated carbocycles. The monoisotopic (exact) mass is 453 g/mol. The van der Waals surface area contributed by atoms with Crippen LogP contribution < -0.4 is 24.3 Å². The van der Waals surface area contributed by atoms with Gasteiger partial charge in [-0.1, -0.05) is 41.0 Å². The van der Waals surface area contributed by atoms with E-state index in [1.165, 1.54) is 40.6 Å². The van der Waals surface area contributed by atoms with Crippen molar-refractivity contribution in [2.75, 3.05) is 28.4 Å². The highest BCUT2D eigenvalue weighted by Crippen LogP contribution is 2.41. The summed E-state index contributed by atoms with van der Waals surface area (Å²) in [6, 6.07) is 16.3. The van der Waals surface area contributed by atoms with E-state index in [1.807, 2.05) is 0 Å². The predicted molar refractivity (Wildman–Crippen MR) is 121 cm³/mol. The highest BCUT2D eigenvalue weighted by Gasteiger charge is 2.42. The highest BCUT2D eigenvalue weighted by atomic mass is 31.1. The van der Waals surface area contributed by atoms with Crippen LogP contribution in [0.2, 0.25) is 0 Å². The minimum atomic E-state index is -2.69. The summed E-state index contributed by atoms with van der Waals surface area (Å²) >= 11 is 0. The fourth-order valence-corrected chi connectivity index (χ4v) is 4.55. The minimum Gasteiger partial charge on any atom is -0.496 e. The molecule has 0 aliphatic carbocycles. The molecular formula is C24H22O7P+. The van der Waals surface area contributed by atoms with E-state index in [1.54, 1.807) is 48.5 Å². The first-order valence-corrected chi connectivity index (χ1v) is 10.8. The summed E-state index contributed by atoms with van der Waals surface area (Å²) in [7, 11) is 2.88. The molecule has 0 aliphatic heterocycles. The average Bonchev–Trinajstić information content (AvgIpc) is 2.86. The summed E-state index contributed by atoms with van der Waals surface area (Å²) in [5, 5.41) is 0.0699. The zero-order valence-electron chi connectivity index (χ0n) is 18.1. The van der Waals surface area contributed by atoms with Crippen molar-refractivity contribution >= 4 is 24.4 Å². The average molecular weight is 453 g/mol. The first-order chi connectivity index (χ1) is 15.5. The van der Waals surface area contributed by atoms with Crippen LogP contribution in [0.5, 0.6) is 23.0 Å². The van der Waals surface area contributed by atoms with Gasteiger partial charge in [0.1, 0.15) is 22.8 Å². The lowest BCUT2D eigenvalue weighted by molar-refractivity contribution is 0.103. The van der Waals surface area contributed by atoms with Crippen molar-refractivity contribution in [2.45, 2.75) is 0 Å². The number of rotatable bonds is 9. The van der Waals surface area contributed by atoms with Gasteiger partial charge >= 0.3 is 13.3 Å². The molecule has 8 heteroatoms. The lowest BCUT2D eigenvalue weighted by atomic mass is 10.0. The van der Waals surface area contributed by atoms with Gasteiger partial charge in [0.05, 0.1) is 28.4 Å². The third-order valence-electron chi connectivity index (χ3n) is 4.83. The van der Waals surface area contributed by atoms with Crippen LogP contribution in [0, 0.1) is 0 Å². The maximum atomic E-state index is 13.4. The summed E-state index contributed by atoms with van der Waals surface area (Å²) in [5.41, 5.74) is -0.181. The molecule has 3 rings (SSSR count). The molecule has 1 atom stereocenters. The number of ketones is 1. The van der Waals surface area contributed by atoms with Gasteiger partial charge in [-0.2, -0.15) is 0 Å². The fourth-order valence-electron chi connectivity index (χ4n) is 3.31. The van der Waals surface area contributed by atoms with Gasteiger partial charge in [0.2, 0.25) is 11.1 Å². The second-order valence-corrected chi connectivity index (χ2v) is 8.00. The molecule has 0 spiro atoms. The maximum Gasteiger partial charge on any atom is 0.462 e. The molecule has 0 fully saturated rings. The van der Waals surface area contributed by atoms with Crippen molar-refractivity contribution in [3.8, 4) is 23.0 Å². The molecule has 0 heterocycles. The Morgan fingerprint density at radius 2 is 1.22 bits per heavy atom. The van der Waals surface area contributed by atoms with E-state index < -0.39 is 13.3 Å². The Bertz CT molecular complexity index is 1150. The molecule has 0 aromatic heterocycles. The number of benzene rings is 3. The van der Waals surface area contributed by atoms with Crippen molar-refractivity contribution < 1.29 is 33.1 Å². The van der Waals surface area contributed by atoms with Crippen LogP contribution >= 0.6 is 7.80 Å². The van der Waals surface area contributed by atoms with Gasteiger partial charge in [-0.05, 0) is 24.3 Å². The molecule has 3 aromatic carbocycles. The zero-order valence-corrected chi connectivity index (χ0v) is 19.0. The number of methoxy groups -OCH3 is 4. The van der Waals surface area contributed by atoms with Gasteiger partial charge in [-0.3, -0.25) is 4.79 Å². The second kappa shape index (κ2) is 10.1. The molecule has 164 valence electrons. The van der Waals surface area contributed by atoms with E-state index in [4.69, 9.17) is 18.9 Å². The Morgan fingerprint density at radius 3 is 1.75 bits per heavy atom. The largest absolute Gasteiger partial charge is 0.496 e. The normalized spacial score (nSPS) is 10.8. The molecule has 32 heavy (non-hydrogen) atoms. The Balaban J connectivity index is 2.16. The van der Waals surface area contributed by atoms with Crippen molar-refractivity contribution in [1.82, 2.24) is 0 Å². The Hall–Kier alpha value is -3.70. The van der Waals surface area contributed by atoms with Crippen molar-refractivity contribution in [1.29, 1.82) is 0 Å². The van der Waals surface area contributed by atoms with Gasteiger partial charge in [-0.25, -0.2) is 4.79 Å². The van der Waals surface area contributed by atoms with Crippen LogP contribution in [0.15, 0.2) is 60.7 Å². The number of hydrogen-bond donors (Lipinski definition) is 0. The second-order valence-electron chi connectivity index (χ2n) is 6.53. The van der Waals surface area contributed by atoms with Gasteiger partial charge < -0.3 is 18.9 Å². The number of carbonyl (C=O) groups is 2. The van der Waals surface area contributed by atoms with Crippen molar-refractivity contribution in [3.63, 3.8) is 0 Å². The van der Waals surface area contributed by atoms with Crippen LogP contribution in [0.3, 0.4) is 0 Å². The highest BCUT2D eigenvalue weighted by molar-refractivity contribution is 7.71. The summed E-state index contributed by atoms with van der Waals surface area (Å²) in [4.78, 5) is 26.5. The first kappa shape index (κ1) is 23.0. The molecule has 0 radical (unpaired) electrons. The summed E-state index contributed by atoms with van der Waals surface area (Å²) in [6.07, 6.45) is 0. The number of ether oxygens (including phenoxy) is 4. The van der Waals surface area contributed by atoms with E-state index >= 15 is 0 Å². The Kier molecular flexibility index (Phi) is 7.23. The van der Waals surface area contributed by atoms with Gasteiger partial charge in [0.15, 0.2) is 11.3 Å². The van der Waals surface area contributed by atoms with Crippen LogP contribution in [-0.2, 0) is 4.57 Å². The van der Waals surface area contributed by atoms with Crippen LogP contribution in [0.25, 0.3) is 0 Å². The van der Waals surface area contributed by atoms with Crippen LogP contribution in [-0.4, -0.2) is 39.7 Å². The molecule has 0 bridgehead atoms. The predicted octanol–water partition coefficient (Wildman–Crippen LogP) is 4.25. The smallest absolute Gasteiger partial charge is 0.462 e. The molecule has 0 saturated heterocycles. The first-order valence-electron chi connectivity index (χ1n) is 9.55. The minimum absolute atomic E-state index is 0.0153. The lowest BCUT2D eigenvalue weighted by Gasteiger charge is -2.13. The van der Waals surface area contributed by atoms with Gasteiger partial charge in [0.25, 0.3) is 0 Å². The topological polar surface area (TPSA) is 88.1 Å². The SMILES string of the molecule is COc1cccc(OC)c1C(=O)[P+](=O)c1ccc(OC)c(C(=O)c2ccccc2)c1OC.